The topological polar surface area (TPSA) is 15.6 Å². The minimum atomic E-state index is -2.25. The van der Waals surface area contributed by atoms with Gasteiger partial charge in [-0.05, 0) is 13.0 Å². The highest BCUT2D eigenvalue weighted by molar-refractivity contribution is 6.37. The summed E-state index contributed by atoms with van der Waals surface area (Å²) >= 11 is 5.17. The summed E-state index contributed by atoms with van der Waals surface area (Å²) in [6, 6.07) is 0. The van der Waals surface area contributed by atoms with Gasteiger partial charge in [0.1, 0.15) is 5.71 Å². The van der Waals surface area contributed by atoms with Crippen molar-refractivity contribution in [3.05, 3.63) is 12.7 Å². The quantitative estimate of drug-likeness (QED) is 0.286. The Morgan fingerprint density at radius 2 is 2.18 bits per heavy atom. The zero-order chi connectivity index (χ0) is 9.07. The van der Waals surface area contributed by atoms with Gasteiger partial charge in [-0.3, -0.25) is 0 Å². The molecular weight excluding hydrogens is 181 g/mol. The minimum Gasteiger partial charge on any atom is -0.0992 e. The van der Waals surface area contributed by atoms with Gasteiger partial charge in [-0.25, -0.2) is 0 Å². The fourth-order valence-electron chi connectivity index (χ4n) is 0.385. The molecule has 0 aromatic heterocycles. The molecular formula is C5H6ClF3N2. The van der Waals surface area contributed by atoms with E-state index in [1.807, 2.05) is 5.21 Å². The minimum absolute atomic E-state index is 0.635. The predicted octanol–water partition coefficient (Wildman–Crippen LogP) is 2.52. The molecule has 0 amide bonds. The molecule has 0 aromatic rings. The van der Waals surface area contributed by atoms with Crippen molar-refractivity contribution in [1.29, 1.82) is 0 Å². The lowest BCUT2D eigenvalue weighted by Crippen LogP contribution is -2.37. The summed E-state index contributed by atoms with van der Waals surface area (Å²) in [5.74, 6) is 0. The van der Waals surface area contributed by atoms with Crippen LogP contribution in [-0.4, -0.2) is 16.1 Å². The molecule has 0 saturated heterocycles. The van der Waals surface area contributed by atoms with Crippen LogP contribution >= 0.6 is 11.6 Å². The molecule has 0 aliphatic rings. The normalized spacial score (nSPS) is 18.2. The lowest BCUT2D eigenvalue weighted by atomic mass is 10.2. The van der Waals surface area contributed by atoms with Crippen LogP contribution in [0.3, 0.4) is 0 Å². The molecule has 1 atom stereocenters. The van der Waals surface area contributed by atoms with Crippen molar-refractivity contribution < 1.29 is 13.4 Å². The Morgan fingerprint density at radius 3 is 2.27 bits per heavy atom. The van der Waals surface area contributed by atoms with Crippen LogP contribution in [0.5, 0.6) is 0 Å². The summed E-state index contributed by atoms with van der Waals surface area (Å²) in [6.45, 7) is 3.96. The number of halogens is 4. The van der Waals surface area contributed by atoms with E-state index in [0.29, 0.717) is 0 Å². The molecule has 0 spiro atoms. The molecule has 0 N–H and O–H groups in total. The number of alkyl halides is 1. The van der Waals surface area contributed by atoms with Gasteiger partial charge in [-0.2, -0.15) is 0 Å². The molecule has 0 rings (SSSR count). The summed E-state index contributed by atoms with van der Waals surface area (Å²) < 4.78 is 35.3. The fraction of sp³-hybridized carbons (Fsp3) is 0.400. The van der Waals surface area contributed by atoms with Gasteiger partial charge >= 0.3 is 0 Å². The van der Waals surface area contributed by atoms with Gasteiger partial charge in [0.15, 0.2) is 5.00 Å². The Morgan fingerprint density at radius 1 is 1.73 bits per heavy atom. The number of hydrogen-bond acceptors (Lipinski definition) is 2. The maximum Gasteiger partial charge on any atom is 0.198 e. The van der Waals surface area contributed by atoms with E-state index < -0.39 is 16.1 Å². The van der Waals surface area contributed by atoms with Crippen LogP contribution in [0.15, 0.2) is 17.9 Å². The molecule has 0 saturated carbocycles. The van der Waals surface area contributed by atoms with Crippen molar-refractivity contribution in [1.82, 2.24) is 5.34 Å². The average Bonchev–Trinajstić information content (AvgIpc) is 1.89. The fourth-order valence-corrected chi connectivity index (χ4v) is 0.494. The standard InChI is InChI=1S/C5H6ClF3N2/c1-3-4(10-7)5(2,6)11(8)9/h3H,1H2,2H3. The van der Waals surface area contributed by atoms with E-state index in [-0.39, 0.29) is 0 Å². The third kappa shape index (κ3) is 2.20. The van der Waals surface area contributed by atoms with Crippen LogP contribution in [0.4, 0.5) is 13.4 Å². The highest BCUT2D eigenvalue weighted by Crippen LogP contribution is 2.24. The maximum atomic E-state index is 11.8. The molecule has 2 nitrogen and oxygen atoms in total. The SMILES string of the molecule is C=CC(=NF)C(C)(Cl)N(F)F. The van der Waals surface area contributed by atoms with Crippen molar-refractivity contribution >= 4 is 17.3 Å². The first kappa shape index (κ1) is 10.4. The molecule has 0 heterocycles. The molecule has 0 aliphatic carbocycles. The van der Waals surface area contributed by atoms with Gasteiger partial charge < -0.3 is 0 Å². The molecule has 0 radical (unpaired) electrons. The second-order valence-corrected chi connectivity index (χ2v) is 2.60. The van der Waals surface area contributed by atoms with Crippen molar-refractivity contribution in [2.45, 2.75) is 11.9 Å². The zero-order valence-electron chi connectivity index (χ0n) is 5.69. The van der Waals surface area contributed by atoms with Crippen molar-refractivity contribution in [2.24, 2.45) is 5.21 Å². The van der Waals surface area contributed by atoms with E-state index >= 15 is 0 Å². The van der Waals surface area contributed by atoms with Crippen molar-refractivity contribution in [3.8, 4) is 0 Å². The molecule has 0 aliphatic heterocycles. The number of nitrogens with zero attached hydrogens (tertiary/aromatic N) is 2. The van der Waals surface area contributed by atoms with E-state index in [1.54, 1.807) is 0 Å². The van der Waals surface area contributed by atoms with Gasteiger partial charge in [0.25, 0.3) is 0 Å². The summed E-state index contributed by atoms with van der Waals surface area (Å²) in [4.78, 5) is -2.25. The molecule has 64 valence electrons. The van der Waals surface area contributed by atoms with Gasteiger partial charge in [0, 0.05) is 5.34 Å². The lowest BCUT2D eigenvalue weighted by molar-refractivity contribution is -0.178. The van der Waals surface area contributed by atoms with Crippen molar-refractivity contribution in [3.63, 3.8) is 0 Å². The molecule has 0 fully saturated rings. The van der Waals surface area contributed by atoms with E-state index in [2.05, 4.69) is 6.58 Å². The molecule has 6 heteroatoms. The summed E-state index contributed by atoms with van der Waals surface area (Å²) in [6.07, 6.45) is 0.819. The Bertz CT molecular complexity index is 179. The second-order valence-electron chi connectivity index (χ2n) is 1.86. The summed E-state index contributed by atoms with van der Waals surface area (Å²) in [5, 5.41) is 0.692. The number of hydrogen-bond donors (Lipinski definition) is 0. The lowest BCUT2D eigenvalue weighted by Gasteiger charge is -2.19. The summed E-state index contributed by atoms with van der Waals surface area (Å²) in [7, 11) is 0. The van der Waals surface area contributed by atoms with Crippen molar-refractivity contribution in [2.75, 3.05) is 0 Å². The van der Waals surface area contributed by atoms with Crippen LogP contribution in [0.1, 0.15) is 6.92 Å². The Labute approximate surface area is 66.8 Å². The van der Waals surface area contributed by atoms with Gasteiger partial charge in [0.2, 0.25) is 0 Å². The Kier molecular flexibility index (Phi) is 3.54. The van der Waals surface area contributed by atoms with E-state index in [0.717, 1.165) is 13.0 Å². The Balaban J connectivity index is 4.65. The predicted molar refractivity (Wildman–Crippen MR) is 37.1 cm³/mol. The first-order valence-electron chi connectivity index (χ1n) is 2.59. The van der Waals surface area contributed by atoms with Gasteiger partial charge in [-0.1, -0.05) is 36.8 Å². The second kappa shape index (κ2) is 3.73. The van der Waals surface area contributed by atoms with Gasteiger partial charge in [-0.15, -0.1) is 0 Å². The monoisotopic (exact) mass is 186 g/mol. The summed E-state index contributed by atoms with van der Waals surface area (Å²) in [5.41, 5.74) is -0.635. The highest BCUT2D eigenvalue weighted by atomic mass is 35.5. The van der Waals surface area contributed by atoms with Crippen LogP contribution < -0.4 is 0 Å². The van der Waals surface area contributed by atoms with Crippen LogP contribution in [0.2, 0.25) is 0 Å². The first-order chi connectivity index (χ1) is 4.96. The molecule has 0 aromatic carbocycles. The smallest absolute Gasteiger partial charge is 0.0992 e. The largest absolute Gasteiger partial charge is 0.198 e. The third-order valence-electron chi connectivity index (χ3n) is 1.07. The van der Waals surface area contributed by atoms with Crippen LogP contribution in [0, 0.1) is 0 Å². The molecule has 0 bridgehead atoms. The Hall–Kier alpha value is -0.550. The van der Waals surface area contributed by atoms with E-state index in [4.69, 9.17) is 11.6 Å². The first-order valence-corrected chi connectivity index (χ1v) is 2.97. The average molecular weight is 187 g/mol. The third-order valence-corrected chi connectivity index (χ3v) is 1.39. The van der Waals surface area contributed by atoms with Crippen LogP contribution in [-0.2, 0) is 0 Å². The molecule has 1 unspecified atom stereocenters. The molecule has 11 heavy (non-hydrogen) atoms. The highest BCUT2D eigenvalue weighted by Gasteiger charge is 2.36. The zero-order valence-corrected chi connectivity index (χ0v) is 6.45. The van der Waals surface area contributed by atoms with E-state index in [9.17, 15) is 13.4 Å². The van der Waals surface area contributed by atoms with E-state index in [1.165, 1.54) is 0 Å². The van der Waals surface area contributed by atoms with Gasteiger partial charge in [0.05, 0.1) is 0 Å². The van der Waals surface area contributed by atoms with Crippen LogP contribution in [0.25, 0.3) is 0 Å². The number of rotatable bonds is 3. The maximum absolute atomic E-state index is 11.8.